The number of carbonyl (C=O) groups is 1. The number of benzene rings is 1. The Labute approximate surface area is 142 Å². The van der Waals surface area contributed by atoms with Crippen LogP contribution in [0.3, 0.4) is 0 Å². The standard InChI is InChI=1S/C16H19F3N2O4/c1-14(2,3)25-13(22)21-15(23,16(17,18)19)9-12(20-21)10-5-7-11(24-4)8-6-10/h5-8,23H,9H2,1-4H3. The molecule has 1 heterocycles. The van der Waals surface area contributed by atoms with E-state index < -0.39 is 30.0 Å². The number of hydrazone groups is 1. The van der Waals surface area contributed by atoms with Gasteiger partial charge in [0.15, 0.2) is 0 Å². The van der Waals surface area contributed by atoms with Gasteiger partial charge in [0.25, 0.3) is 5.72 Å². The molecule has 1 unspecified atom stereocenters. The fourth-order valence-electron chi connectivity index (χ4n) is 2.21. The molecule has 1 aromatic carbocycles. The van der Waals surface area contributed by atoms with Crippen LogP contribution >= 0.6 is 0 Å². The van der Waals surface area contributed by atoms with Crippen LogP contribution in [0.1, 0.15) is 32.8 Å². The van der Waals surface area contributed by atoms with E-state index in [0.29, 0.717) is 11.3 Å². The minimum Gasteiger partial charge on any atom is -0.497 e. The molecule has 0 radical (unpaired) electrons. The predicted molar refractivity (Wildman–Crippen MR) is 83.2 cm³/mol. The number of ether oxygens (including phenoxy) is 2. The predicted octanol–water partition coefficient (Wildman–Crippen LogP) is 3.29. The molecule has 0 bridgehead atoms. The quantitative estimate of drug-likeness (QED) is 0.879. The normalized spacial score (nSPS) is 21.1. The number of alkyl halides is 3. The Balaban J connectivity index is 2.40. The second-order valence-electron chi connectivity index (χ2n) is 6.56. The van der Waals surface area contributed by atoms with Crippen molar-refractivity contribution >= 4 is 11.8 Å². The topological polar surface area (TPSA) is 71.4 Å². The van der Waals surface area contributed by atoms with Crippen molar-refractivity contribution in [3.05, 3.63) is 29.8 Å². The van der Waals surface area contributed by atoms with E-state index in [2.05, 4.69) is 5.10 Å². The molecule has 0 saturated heterocycles. The van der Waals surface area contributed by atoms with Gasteiger partial charge in [0, 0.05) is 0 Å². The second-order valence-corrected chi connectivity index (χ2v) is 6.56. The lowest BCUT2D eigenvalue weighted by Gasteiger charge is -2.33. The first-order valence-corrected chi connectivity index (χ1v) is 7.41. The molecule has 1 amide bonds. The number of amides is 1. The lowest BCUT2D eigenvalue weighted by Crippen LogP contribution is -2.57. The minimum atomic E-state index is -5.11. The number of hydrogen-bond donors (Lipinski definition) is 1. The number of halogens is 3. The fourth-order valence-corrected chi connectivity index (χ4v) is 2.21. The molecule has 1 aromatic rings. The summed E-state index contributed by atoms with van der Waals surface area (Å²) in [7, 11) is 1.45. The van der Waals surface area contributed by atoms with Gasteiger partial charge in [0.1, 0.15) is 11.4 Å². The molecule has 0 saturated carbocycles. The average molecular weight is 360 g/mol. The third kappa shape index (κ3) is 3.87. The first kappa shape index (κ1) is 19.0. The number of rotatable bonds is 2. The zero-order chi connectivity index (χ0) is 19.0. The maximum Gasteiger partial charge on any atom is 0.439 e. The maximum atomic E-state index is 13.4. The van der Waals surface area contributed by atoms with Crippen molar-refractivity contribution in [2.45, 2.75) is 44.7 Å². The lowest BCUT2D eigenvalue weighted by molar-refractivity contribution is -0.300. The van der Waals surface area contributed by atoms with Crippen LogP contribution in [0.2, 0.25) is 0 Å². The van der Waals surface area contributed by atoms with E-state index in [4.69, 9.17) is 9.47 Å². The highest BCUT2D eigenvalue weighted by molar-refractivity contribution is 6.03. The Hall–Kier alpha value is -2.29. The molecule has 0 fully saturated rings. The maximum absolute atomic E-state index is 13.4. The van der Waals surface area contributed by atoms with Crippen molar-refractivity contribution in [2.24, 2.45) is 5.10 Å². The highest BCUT2D eigenvalue weighted by Crippen LogP contribution is 2.42. The highest BCUT2D eigenvalue weighted by Gasteiger charge is 2.64. The minimum absolute atomic E-state index is 0.0438. The van der Waals surface area contributed by atoms with Gasteiger partial charge in [-0.05, 0) is 50.6 Å². The van der Waals surface area contributed by atoms with Crippen molar-refractivity contribution in [3.63, 3.8) is 0 Å². The van der Waals surface area contributed by atoms with E-state index in [9.17, 15) is 23.1 Å². The van der Waals surface area contributed by atoms with E-state index in [1.807, 2.05) is 0 Å². The molecule has 6 nitrogen and oxygen atoms in total. The summed E-state index contributed by atoms with van der Waals surface area (Å²) >= 11 is 0. The van der Waals surface area contributed by atoms with E-state index in [1.54, 1.807) is 12.1 Å². The molecular weight excluding hydrogens is 341 g/mol. The third-order valence-electron chi connectivity index (χ3n) is 3.43. The van der Waals surface area contributed by atoms with Gasteiger partial charge in [0.05, 0.1) is 19.2 Å². The summed E-state index contributed by atoms with van der Waals surface area (Å²) < 4.78 is 50.1. The smallest absolute Gasteiger partial charge is 0.439 e. The van der Waals surface area contributed by atoms with E-state index in [0.717, 1.165) is 0 Å². The molecule has 138 valence electrons. The van der Waals surface area contributed by atoms with Crippen molar-refractivity contribution in [1.82, 2.24) is 5.01 Å². The number of hydrogen-bond acceptors (Lipinski definition) is 5. The molecule has 9 heteroatoms. The van der Waals surface area contributed by atoms with Crippen molar-refractivity contribution in [1.29, 1.82) is 0 Å². The molecule has 25 heavy (non-hydrogen) atoms. The van der Waals surface area contributed by atoms with Gasteiger partial charge in [-0.15, -0.1) is 0 Å². The highest BCUT2D eigenvalue weighted by atomic mass is 19.4. The van der Waals surface area contributed by atoms with Crippen LogP contribution in [0.25, 0.3) is 0 Å². The van der Waals surface area contributed by atoms with Crippen molar-refractivity contribution < 1.29 is 32.5 Å². The Kier molecular flexibility index (Phi) is 4.73. The third-order valence-corrected chi connectivity index (χ3v) is 3.43. The molecule has 1 aliphatic rings. The Morgan fingerprint density at radius 1 is 1.24 bits per heavy atom. The number of aliphatic hydroxyl groups is 1. The zero-order valence-electron chi connectivity index (χ0n) is 14.2. The van der Waals surface area contributed by atoms with Crippen LogP contribution in [0, 0.1) is 0 Å². The SMILES string of the molecule is COc1ccc(C2=NN(C(=O)OC(C)(C)C)C(O)(C(F)(F)F)C2)cc1. The Bertz CT molecular complexity index is 680. The summed E-state index contributed by atoms with van der Waals surface area (Å²) in [6.07, 6.45) is -7.39. The number of carbonyl (C=O) groups excluding carboxylic acids is 1. The molecule has 0 spiro atoms. The summed E-state index contributed by atoms with van der Waals surface area (Å²) in [6, 6.07) is 6.07. The van der Waals surface area contributed by atoms with Crippen LogP contribution in [0.15, 0.2) is 29.4 Å². The van der Waals surface area contributed by atoms with Crippen LogP contribution < -0.4 is 4.74 Å². The number of nitrogens with zero attached hydrogens (tertiary/aromatic N) is 2. The van der Waals surface area contributed by atoms with E-state index in [-0.39, 0.29) is 10.7 Å². The Morgan fingerprint density at radius 3 is 2.24 bits per heavy atom. The molecule has 0 aliphatic carbocycles. The Morgan fingerprint density at radius 2 is 1.80 bits per heavy atom. The van der Waals surface area contributed by atoms with E-state index in [1.165, 1.54) is 40.0 Å². The summed E-state index contributed by atoms with van der Waals surface area (Å²) in [4.78, 5) is 12.1. The molecular formula is C16H19F3N2O4. The van der Waals surface area contributed by atoms with Crippen LogP contribution in [0.4, 0.5) is 18.0 Å². The van der Waals surface area contributed by atoms with Gasteiger partial charge in [-0.2, -0.15) is 23.3 Å². The molecule has 2 rings (SSSR count). The van der Waals surface area contributed by atoms with Gasteiger partial charge in [0.2, 0.25) is 0 Å². The summed E-state index contributed by atoms with van der Waals surface area (Å²) in [5.41, 5.74) is -4.27. The van der Waals surface area contributed by atoms with Gasteiger partial charge >= 0.3 is 12.3 Å². The molecule has 1 atom stereocenters. The lowest BCUT2D eigenvalue weighted by atomic mass is 10.0. The van der Waals surface area contributed by atoms with Gasteiger partial charge in [-0.1, -0.05) is 0 Å². The fraction of sp³-hybridized carbons (Fsp3) is 0.500. The van der Waals surface area contributed by atoms with Crippen LogP contribution in [0.5, 0.6) is 5.75 Å². The van der Waals surface area contributed by atoms with Gasteiger partial charge in [-0.3, -0.25) is 0 Å². The molecule has 1 N–H and O–H groups in total. The first-order chi connectivity index (χ1) is 11.4. The first-order valence-electron chi connectivity index (χ1n) is 7.41. The van der Waals surface area contributed by atoms with Crippen molar-refractivity contribution in [2.75, 3.05) is 7.11 Å². The van der Waals surface area contributed by atoms with Gasteiger partial charge < -0.3 is 14.6 Å². The van der Waals surface area contributed by atoms with Gasteiger partial charge in [-0.25, -0.2) is 4.79 Å². The monoisotopic (exact) mass is 360 g/mol. The van der Waals surface area contributed by atoms with Crippen molar-refractivity contribution in [3.8, 4) is 5.75 Å². The summed E-state index contributed by atoms with van der Waals surface area (Å²) in [5.74, 6) is 0.512. The number of methoxy groups -OCH3 is 1. The summed E-state index contributed by atoms with van der Waals surface area (Å²) in [6.45, 7) is 4.51. The molecule has 0 aromatic heterocycles. The summed E-state index contributed by atoms with van der Waals surface area (Å²) in [5, 5.41) is 13.8. The largest absolute Gasteiger partial charge is 0.497 e. The van der Waals surface area contributed by atoms with Crippen LogP contribution in [-0.2, 0) is 4.74 Å². The zero-order valence-corrected chi connectivity index (χ0v) is 14.2. The average Bonchev–Trinajstić information content (AvgIpc) is 2.85. The molecule has 1 aliphatic heterocycles. The second kappa shape index (κ2) is 6.21. The van der Waals surface area contributed by atoms with E-state index >= 15 is 0 Å². The van der Waals surface area contributed by atoms with Crippen LogP contribution in [-0.4, -0.2) is 46.5 Å².